The molecule has 0 saturated carbocycles. The van der Waals surface area contributed by atoms with E-state index in [0.717, 1.165) is 61.7 Å². The summed E-state index contributed by atoms with van der Waals surface area (Å²) < 4.78 is 33.0. The van der Waals surface area contributed by atoms with E-state index >= 15 is 0 Å². The van der Waals surface area contributed by atoms with Crippen LogP contribution in [0.4, 0.5) is 23.1 Å². The van der Waals surface area contributed by atoms with Crippen LogP contribution in [0.3, 0.4) is 0 Å². The number of ether oxygens (including phenoxy) is 1. The van der Waals surface area contributed by atoms with Crippen LogP contribution in [-0.2, 0) is 21.3 Å². The third-order valence-corrected chi connectivity index (χ3v) is 9.19. The van der Waals surface area contributed by atoms with Gasteiger partial charge in [0, 0.05) is 80.2 Å². The maximum absolute atomic E-state index is 12.1. The second-order valence-electron chi connectivity index (χ2n) is 10.7. The van der Waals surface area contributed by atoms with Crippen LogP contribution >= 0.6 is 0 Å². The number of morpholine rings is 1. The van der Waals surface area contributed by atoms with Gasteiger partial charge in [-0.05, 0) is 49.2 Å². The topological polar surface area (TPSA) is 109 Å². The Morgan fingerprint density at radius 2 is 1.78 bits per heavy atom. The zero-order valence-electron chi connectivity index (χ0n) is 23.5. The predicted molar refractivity (Wildman–Crippen MR) is 161 cm³/mol. The van der Waals surface area contributed by atoms with Crippen molar-refractivity contribution in [1.29, 1.82) is 0 Å². The van der Waals surface area contributed by atoms with Crippen molar-refractivity contribution in [2.75, 3.05) is 67.2 Å². The standard InChI is InChI=1S/C29H36N8O3S/c1-34(41(2,38)39)27-23(4-3-12-30-27)21-37-13-9-22-20-31-29(33-28(22)37)32-24-5-7-25(8-6-24)35-14-10-26(11-15-35)36-16-18-40-19-17-36/h3-9,12-13,20,26H,10-11,14-19,21H2,1-2H3,(H,31,32,33). The first kappa shape index (κ1) is 27.4. The van der Waals surface area contributed by atoms with Crippen LogP contribution in [0.5, 0.6) is 0 Å². The number of rotatable bonds is 8. The zero-order valence-corrected chi connectivity index (χ0v) is 24.3. The summed E-state index contributed by atoms with van der Waals surface area (Å²) in [5, 5.41) is 4.23. The molecule has 2 aliphatic heterocycles. The van der Waals surface area contributed by atoms with Gasteiger partial charge in [0.25, 0.3) is 0 Å². The maximum Gasteiger partial charge on any atom is 0.233 e. The molecule has 11 nitrogen and oxygen atoms in total. The number of nitrogens with zero attached hydrogens (tertiary/aromatic N) is 7. The average molecular weight is 577 g/mol. The Morgan fingerprint density at radius 1 is 1.02 bits per heavy atom. The molecule has 0 spiro atoms. The molecule has 1 N–H and O–H groups in total. The monoisotopic (exact) mass is 576 g/mol. The van der Waals surface area contributed by atoms with Gasteiger partial charge in [0.05, 0.1) is 26.0 Å². The molecule has 41 heavy (non-hydrogen) atoms. The third-order valence-electron chi connectivity index (χ3n) is 8.02. The van der Waals surface area contributed by atoms with E-state index < -0.39 is 10.0 Å². The first-order valence-electron chi connectivity index (χ1n) is 14.0. The zero-order chi connectivity index (χ0) is 28.4. The lowest BCUT2D eigenvalue weighted by atomic mass is 10.0. The first-order chi connectivity index (χ1) is 19.8. The number of piperidine rings is 1. The van der Waals surface area contributed by atoms with E-state index in [0.29, 0.717) is 24.4 Å². The van der Waals surface area contributed by atoms with Gasteiger partial charge in [0.15, 0.2) is 0 Å². The molecule has 0 atom stereocenters. The number of aromatic nitrogens is 4. The van der Waals surface area contributed by atoms with Gasteiger partial charge in [0.2, 0.25) is 16.0 Å². The van der Waals surface area contributed by atoms with Crippen LogP contribution < -0.4 is 14.5 Å². The molecule has 4 aromatic rings. The lowest BCUT2D eigenvalue weighted by Gasteiger charge is -2.40. The summed E-state index contributed by atoms with van der Waals surface area (Å²) >= 11 is 0. The molecular formula is C29H36N8O3S. The lowest BCUT2D eigenvalue weighted by molar-refractivity contribution is 0.0115. The SMILES string of the molecule is CN(c1ncccc1Cn1ccc2cnc(Nc3ccc(N4CCC(N5CCOCC5)CC4)cc3)nc21)S(C)(=O)=O. The van der Waals surface area contributed by atoms with Crippen molar-refractivity contribution in [1.82, 2.24) is 24.4 Å². The Kier molecular flexibility index (Phi) is 7.78. The molecule has 1 aromatic carbocycles. The van der Waals surface area contributed by atoms with Crippen molar-refractivity contribution in [3.63, 3.8) is 0 Å². The molecule has 2 fully saturated rings. The van der Waals surface area contributed by atoms with E-state index in [2.05, 4.69) is 49.4 Å². The second-order valence-corrected chi connectivity index (χ2v) is 12.7. The fourth-order valence-electron chi connectivity index (χ4n) is 5.65. The van der Waals surface area contributed by atoms with Gasteiger partial charge >= 0.3 is 0 Å². The highest BCUT2D eigenvalue weighted by Gasteiger charge is 2.26. The van der Waals surface area contributed by atoms with E-state index in [1.807, 2.05) is 22.9 Å². The van der Waals surface area contributed by atoms with Crippen LogP contribution in [-0.4, -0.2) is 91.6 Å². The number of pyridine rings is 1. The molecule has 0 radical (unpaired) electrons. The molecule has 216 valence electrons. The highest BCUT2D eigenvalue weighted by atomic mass is 32.2. The molecule has 0 unspecified atom stereocenters. The van der Waals surface area contributed by atoms with Crippen LogP contribution in [0.15, 0.2) is 61.1 Å². The van der Waals surface area contributed by atoms with Gasteiger partial charge in [-0.3, -0.25) is 9.21 Å². The normalized spacial score (nSPS) is 17.2. The summed E-state index contributed by atoms with van der Waals surface area (Å²) in [5.41, 5.74) is 3.67. The number of benzene rings is 1. The van der Waals surface area contributed by atoms with Crippen LogP contribution in [0.2, 0.25) is 0 Å². The second kappa shape index (κ2) is 11.6. The summed E-state index contributed by atoms with van der Waals surface area (Å²) in [6.07, 6.45) is 8.84. The number of anilines is 4. The van der Waals surface area contributed by atoms with Gasteiger partial charge < -0.3 is 19.5 Å². The molecule has 0 amide bonds. The molecule has 12 heteroatoms. The van der Waals surface area contributed by atoms with Crippen molar-refractivity contribution >= 4 is 44.2 Å². The smallest absolute Gasteiger partial charge is 0.233 e. The molecule has 6 rings (SSSR count). The number of fused-ring (bicyclic) bond motifs is 1. The Balaban J connectivity index is 1.13. The Bertz CT molecular complexity index is 1590. The van der Waals surface area contributed by atoms with E-state index in [9.17, 15) is 8.42 Å². The molecule has 0 aliphatic carbocycles. The number of sulfonamides is 1. The van der Waals surface area contributed by atoms with Gasteiger partial charge in [-0.2, -0.15) is 4.98 Å². The first-order valence-corrected chi connectivity index (χ1v) is 15.8. The Hall–Kier alpha value is -3.74. The largest absolute Gasteiger partial charge is 0.379 e. The van der Waals surface area contributed by atoms with Crippen LogP contribution in [0, 0.1) is 0 Å². The minimum absolute atomic E-state index is 0.398. The lowest BCUT2D eigenvalue weighted by Crippen LogP contribution is -2.49. The third kappa shape index (κ3) is 6.14. The summed E-state index contributed by atoms with van der Waals surface area (Å²) in [6.45, 7) is 6.34. The van der Waals surface area contributed by atoms with Crippen molar-refractivity contribution < 1.29 is 13.2 Å². The van der Waals surface area contributed by atoms with Crippen molar-refractivity contribution in [2.24, 2.45) is 0 Å². The van der Waals surface area contributed by atoms with Gasteiger partial charge in [-0.1, -0.05) is 6.07 Å². The quantitative estimate of drug-likeness (QED) is 0.338. The number of nitrogens with one attached hydrogen (secondary N) is 1. The minimum atomic E-state index is -3.44. The highest BCUT2D eigenvalue weighted by Crippen LogP contribution is 2.26. The van der Waals surface area contributed by atoms with E-state index in [1.54, 1.807) is 18.5 Å². The van der Waals surface area contributed by atoms with Crippen LogP contribution in [0.25, 0.3) is 11.0 Å². The molecular weight excluding hydrogens is 540 g/mol. The van der Waals surface area contributed by atoms with E-state index in [4.69, 9.17) is 9.72 Å². The van der Waals surface area contributed by atoms with E-state index in [-0.39, 0.29) is 0 Å². The fraction of sp³-hybridized carbons (Fsp3) is 0.414. The summed E-state index contributed by atoms with van der Waals surface area (Å²) in [6, 6.07) is 14.7. The van der Waals surface area contributed by atoms with Crippen molar-refractivity contribution in [2.45, 2.75) is 25.4 Å². The molecule has 2 saturated heterocycles. The molecule has 2 aliphatic rings. The highest BCUT2D eigenvalue weighted by molar-refractivity contribution is 7.92. The van der Waals surface area contributed by atoms with Crippen molar-refractivity contribution in [3.8, 4) is 0 Å². The molecule has 5 heterocycles. The summed E-state index contributed by atoms with van der Waals surface area (Å²) in [4.78, 5) is 18.7. The van der Waals surface area contributed by atoms with Gasteiger partial charge in [-0.25, -0.2) is 18.4 Å². The average Bonchev–Trinajstić information content (AvgIpc) is 3.39. The van der Waals surface area contributed by atoms with Gasteiger partial charge in [-0.15, -0.1) is 0 Å². The van der Waals surface area contributed by atoms with Crippen LogP contribution in [0.1, 0.15) is 18.4 Å². The number of hydrogen-bond acceptors (Lipinski definition) is 9. The fourth-order valence-corrected chi connectivity index (χ4v) is 6.13. The Labute approximate surface area is 240 Å². The Morgan fingerprint density at radius 3 is 2.51 bits per heavy atom. The molecule has 0 bridgehead atoms. The molecule has 3 aromatic heterocycles. The van der Waals surface area contributed by atoms with E-state index in [1.165, 1.54) is 36.1 Å². The number of hydrogen-bond donors (Lipinski definition) is 1. The summed E-state index contributed by atoms with van der Waals surface area (Å²) in [5.74, 6) is 0.894. The summed E-state index contributed by atoms with van der Waals surface area (Å²) in [7, 11) is -1.93. The van der Waals surface area contributed by atoms with Crippen molar-refractivity contribution in [3.05, 3.63) is 66.6 Å². The predicted octanol–water partition coefficient (Wildman–Crippen LogP) is 3.32. The van der Waals surface area contributed by atoms with Gasteiger partial charge in [0.1, 0.15) is 11.5 Å². The minimum Gasteiger partial charge on any atom is -0.379 e. The maximum atomic E-state index is 12.1.